The Labute approximate surface area is 342 Å². The SMILES string of the molecule is CCC/C=C/C=C/C=C/C=C/C=C/CCCCCCCC(=O)OC(COCCC(C(=O)O)[N+](C)(C)C)COC(=O)CCCCC/C=C/CCCCCCCCC. The third-order valence-corrected chi connectivity index (χ3v) is 9.44. The van der Waals surface area contributed by atoms with Crippen LogP contribution in [-0.2, 0) is 28.6 Å². The van der Waals surface area contributed by atoms with E-state index < -0.39 is 18.1 Å². The molecular weight excluding hydrogens is 703 g/mol. The standard InChI is InChI=1S/C48H81NO7/c1-6-8-10-12-14-16-18-20-22-23-24-25-27-29-31-33-35-37-39-47(51)56-44(42-54-41-40-45(48(52)53)49(3,4)5)43-55-46(50)38-36-34-32-30-28-26-21-19-17-15-13-11-9-7-2/h10,12,14,16,18,20,22-26,28,44-45H,6-9,11,13,15,17,19,21,27,29-43H2,1-5H3/p+1/b12-10+,16-14+,20-18+,23-22+,25-24+,28-26+. The number of carboxylic acids is 1. The number of carboxylic acid groups (broad SMARTS) is 1. The molecule has 0 bridgehead atoms. The van der Waals surface area contributed by atoms with Gasteiger partial charge in [-0.2, -0.15) is 0 Å². The Kier molecular flexibility index (Phi) is 36.4. The maximum Gasteiger partial charge on any atom is 0.362 e. The fourth-order valence-electron chi connectivity index (χ4n) is 6.00. The number of carbonyl (C=O) groups excluding carboxylic acids is 2. The molecule has 0 amide bonds. The van der Waals surface area contributed by atoms with Crippen LogP contribution in [0.2, 0.25) is 0 Å². The number of hydrogen-bond acceptors (Lipinski definition) is 6. The number of hydrogen-bond donors (Lipinski definition) is 1. The molecule has 0 spiro atoms. The first-order valence-electron chi connectivity index (χ1n) is 22.0. The molecule has 0 aliphatic heterocycles. The zero-order valence-corrected chi connectivity index (χ0v) is 36.3. The maximum absolute atomic E-state index is 12.7. The Hall–Kier alpha value is -3.23. The number of nitrogens with zero attached hydrogens (tertiary/aromatic N) is 1. The molecule has 1 N–H and O–H groups in total. The Balaban J connectivity index is 4.45. The fourth-order valence-corrected chi connectivity index (χ4v) is 6.00. The first-order chi connectivity index (χ1) is 27.1. The molecule has 0 aromatic rings. The summed E-state index contributed by atoms with van der Waals surface area (Å²) in [6, 6.07) is -0.625. The summed E-state index contributed by atoms with van der Waals surface area (Å²) in [5, 5.41) is 9.62. The van der Waals surface area contributed by atoms with Gasteiger partial charge in [-0.3, -0.25) is 9.59 Å². The minimum absolute atomic E-state index is 0.0421. The molecule has 0 fully saturated rings. The Morgan fingerprint density at radius 3 is 1.54 bits per heavy atom. The number of aliphatic carboxylic acids is 1. The van der Waals surface area contributed by atoms with Crippen LogP contribution in [0.3, 0.4) is 0 Å². The number of rotatable bonds is 38. The molecule has 0 aliphatic rings. The van der Waals surface area contributed by atoms with E-state index in [1.165, 1.54) is 51.4 Å². The predicted molar refractivity (Wildman–Crippen MR) is 233 cm³/mol. The molecule has 0 saturated carbocycles. The van der Waals surface area contributed by atoms with Crippen LogP contribution >= 0.6 is 0 Å². The summed E-state index contributed by atoms with van der Waals surface area (Å²) in [6.45, 7) is 4.59. The molecule has 8 nitrogen and oxygen atoms in total. The van der Waals surface area contributed by atoms with Gasteiger partial charge in [0.25, 0.3) is 0 Å². The van der Waals surface area contributed by atoms with Crippen molar-refractivity contribution < 1.29 is 38.2 Å². The highest BCUT2D eigenvalue weighted by Crippen LogP contribution is 2.13. The van der Waals surface area contributed by atoms with Gasteiger partial charge in [-0.1, -0.05) is 157 Å². The molecule has 0 saturated heterocycles. The first-order valence-corrected chi connectivity index (χ1v) is 22.0. The maximum atomic E-state index is 12.7. The highest BCUT2D eigenvalue weighted by molar-refractivity contribution is 5.72. The van der Waals surface area contributed by atoms with Crippen LogP contribution < -0.4 is 0 Å². The molecule has 2 unspecified atom stereocenters. The van der Waals surface area contributed by atoms with Crippen molar-refractivity contribution in [2.24, 2.45) is 0 Å². The number of allylic oxidation sites excluding steroid dienone is 12. The van der Waals surface area contributed by atoms with Crippen molar-refractivity contribution in [3.05, 3.63) is 72.9 Å². The van der Waals surface area contributed by atoms with Gasteiger partial charge in [-0.25, -0.2) is 4.79 Å². The minimum Gasteiger partial charge on any atom is -0.477 e. The highest BCUT2D eigenvalue weighted by atomic mass is 16.6. The number of quaternary nitrogens is 1. The zero-order chi connectivity index (χ0) is 41.4. The summed E-state index contributed by atoms with van der Waals surface area (Å²) < 4.78 is 17.2. The average Bonchev–Trinajstić information content (AvgIpc) is 3.15. The van der Waals surface area contributed by atoms with Gasteiger partial charge in [-0.05, 0) is 57.8 Å². The topological polar surface area (TPSA) is 99.1 Å². The van der Waals surface area contributed by atoms with Crippen LogP contribution in [0.25, 0.3) is 0 Å². The summed E-state index contributed by atoms with van der Waals surface area (Å²) in [5.74, 6) is -1.53. The van der Waals surface area contributed by atoms with Crippen molar-refractivity contribution in [3.8, 4) is 0 Å². The van der Waals surface area contributed by atoms with E-state index in [1.807, 2.05) is 57.6 Å². The molecule has 56 heavy (non-hydrogen) atoms. The monoisotopic (exact) mass is 785 g/mol. The van der Waals surface area contributed by atoms with Gasteiger partial charge >= 0.3 is 17.9 Å². The Morgan fingerprint density at radius 1 is 0.536 bits per heavy atom. The second-order valence-corrected chi connectivity index (χ2v) is 15.7. The van der Waals surface area contributed by atoms with Gasteiger partial charge in [0.05, 0.1) is 34.4 Å². The van der Waals surface area contributed by atoms with Crippen LogP contribution in [0, 0.1) is 0 Å². The van der Waals surface area contributed by atoms with Crippen molar-refractivity contribution >= 4 is 17.9 Å². The molecule has 2 atom stereocenters. The number of ether oxygens (including phenoxy) is 3. The zero-order valence-electron chi connectivity index (χ0n) is 36.3. The highest BCUT2D eigenvalue weighted by Gasteiger charge is 2.31. The lowest BCUT2D eigenvalue weighted by atomic mass is 10.1. The van der Waals surface area contributed by atoms with E-state index in [0.717, 1.165) is 77.0 Å². The molecule has 0 aromatic heterocycles. The van der Waals surface area contributed by atoms with Gasteiger partial charge in [0, 0.05) is 19.3 Å². The molecule has 320 valence electrons. The van der Waals surface area contributed by atoms with Gasteiger partial charge < -0.3 is 23.8 Å². The van der Waals surface area contributed by atoms with Crippen LogP contribution in [0.1, 0.15) is 162 Å². The van der Waals surface area contributed by atoms with Crippen LogP contribution in [-0.4, -0.2) is 80.6 Å². The van der Waals surface area contributed by atoms with E-state index in [2.05, 4.69) is 50.3 Å². The molecule has 0 rings (SSSR count). The number of esters is 2. The lowest BCUT2D eigenvalue weighted by Crippen LogP contribution is -2.50. The fraction of sp³-hybridized carbons (Fsp3) is 0.688. The van der Waals surface area contributed by atoms with Crippen molar-refractivity contribution in [2.45, 2.75) is 174 Å². The number of likely N-dealkylation sites (N-methyl/N-ethyl adjacent to an activating group) is 1. The normalized spacial score (nSPS) is 13.7. The van der Waals surface area contributed by atoms with E-state index >= 15 is 0 Å². The summed E-state index contributed by atoms with van der Waals surface area (Å²) in [5.41, 5.74) is 0. The van der Waals surface area contributed by atoms with Crippen LogP contribution in [0.15, 0.2) is 72.9 Å². The van der Waals surface area contributed by atoms with Crippen molar-refractivity contribution in [1.82, 2.24) is 0 Å². The minimum atomic E-state index is -0.885. The van der Waals surface area contributed by atoms with Crippen molar-refractivity contribution in [2.75, 3.05) is 41.0 Å². The summed E-state index contributed by atoms with van der Waals surface area (Å²) >= 11 is 0. The van der Waals surface area contributed by atoms with E-state index in [9.17, 15) is 19.5 Å². The van der Waals surface area contributed by atoms with Gasteiger partial charge in [-0.15, -0.1) is 0 Å². The van der Waals surface area contributed by atoms with E-state index in [4.69, 9.17) is 14.2 Å². The number of carbonyl (C=O) groups is 3. The predicted octanol–water partition coefficient (Wildman–Crippen LogP) is 12.0. The number of unbranched alkanes of at least 4 members (excludes halogenated alkanes) is 16. The molecule has 0 aliphatic carbocycles. The van der Waals surface area contributed by atoms with Gasteiger partial charge in [0.2, 0.25) is 0 Å². The second kappa shape index (κ2) is 38.6. The largest absolute Gasteiger partial charge is 0.477 e. The lowest BCUT2D eigenvalue weighted by molar-refractivity contribution is -0.887. The van der Waals surface area contributed by atoms with Crippen LogP contribution in [0.5, 0.6) is 0 Å². The summed E-state index contributed by atoms with van der Waals surface area (Å²) in [6.07, 6.45) is 47.9. The molecular formula is C48H82NO7+. The quantitative estimate of drug-likeness (QED) is 0.0219. The van der Waals surface area contributed by atoms with Crippen LogP contribution in [0.4, 0.5) is 0 Å². The molecule has 0 heterocycles. The van der Waals surface area contributed by atoms with Gasteiger partial charge in [0.1, 0.15) is 6.61 Å². The lowest BCUT2D eigenvalue weighted by Gasteiger charge is -2.31. The molecule has 0 aromatic carbocycles. The third-order valence-electron chi connectivity index (χ3n) is 9.44. The second-order valence-electron chi connectivity index (χ2n) is 15.7. The summed E-state index contributed by atoms with van der Waals surface area (Å²) in [7, 11) is 5.50. The van der Waals surface area contributed by atoms with Gasteiger partial charge in [0.15, 0.2) is 12.1 Å². The summed E-state index contributed by atoms with van der Waals surface area (Å²) in [4.78, 5) is 37.0. The Morgan fingerprint density at radius 2 is 1.00 bits per heavy atom. The smallest absolute Gasteiger partial charge is 0.362 e. The Bertz CT molecular complexity index is 1140. The van der Waals surface area contributed by atoms with Crippen molar-refractivity contribution in [1.29, 1.82) is 0 Å². The molecule has 8 heteroatoms. The third kappa shape index (κ3) is 36.4. The first kappa shape index (κ1) is 52.8. The molecule has 0 radical (unpaired) electrons. The van der Waals surface area contributed by atoms with Crippen molar-refractivity contribution in [3.63, 3.8) is 0 Å². The average molecular weight is 785 g/mol. The van der Waals surface area contributed by atoms with E-state index in [0.29, 0.717) is 19.3 Å². The van der Waals surface area contributed by atoms with E-state index in [1.54, 1.807) is 0 Å². The van der Waals surface area contributed by atoms with E-state index in [-0.39, 0.29) is 36.2 Å².